The molecule has 0 unspecified atom stereocenters. The second-order valence-corrected chi connectivity index (χ2v) is 4.50. The molecule has 0 radical (unpaired) electrons. The van der Waals surface area contributed by atoms with E-state index in [9.17, 15) is 13.6 Å². The van der Waals surface area contributed by atoms with E-state index in [1.165, 1.54) is 26.3 Å². The van der Waals surface area contributed by atoms with Gasteiger partial charge in [-0.15, -0.1) is 0 Å². The molecule has 1 aromatic heterocycles. The molecule has 106 valence electrons. The van der Waals surface area contributed by atoms with Gasteiger partial charge in [-0.25, -0.2) is 18.6 Å². The van der Waals surface area contributed by atoms with Crippen molar-refractivity contribution in [1.82, 2.24) is 4.98 Å². The lowest BCUT2D eigenvalue weighted by Crippen LogP contribution is -2.18. The number of ether oxygens (including phenoxy) is 1. The zero-order chi connectivity index (χ0) is 14.6. The van der Waals surface area contributed by atoms with E-state index in [4.69, 9.17) is 5.73 Å². The monoisotopic (exact) mass is 272 g/mol. The maximum Gasteiger partial charge on any atom is 0.356 e. The highest BCUT2D eigenvalue weighted by Gasteiger charge is 2.30. The Balaban J connectivity index is 3.02. The Kier molecular flexibility index (Phi) is 4.80. The number of aromatic nitrogens is 1. The fourth-order valence-electron chi connectivity index (χ4n) is 1.83. The molecule has 4 nitrogen and oxygen atoms in total. The van der Waals surface area contributed by atoms with Crippen LogP contribution in [0, 0.1) is 0 Å². The number of pyridine rings is 1. The normalized spacial score (nSPS) is 13.1. The van der Waals surface area contributed by atoms with Crippen LogP contribution in [0.5, 0.6) is 0 Å². The molecule has 0 spiro atoms. The topological polar surface area (TPSA) is 65.2 Å². The number of rotatable bonds is 5. The molecule has 6 heteroatoms. The summed E-state index contributed by atoms with van der Waals surface area (Å²) in [6.45, 7) is 3.08. The van der Waals surface area contributed by atoms with Crippen LogP contribution in [0.2, 0.25) is 0 Å². The lowest BCUT2D eigenvalue weighted by atomic mass is 9.92. The molecule has 0 amide bonds. The largest absolute Gasteiger partial charge is 0.464 e. The fraction of sp³-hybridized carbons (Fsp3) is 0.538. The number of esters is 1. The highest BCUT2D eigenvalue weighted by atomic mass is 19.3. The molecule has 0 bridgehead atoms. The number of nitrogen functional groups attached to an aromatic ring is 1. The molecule has 1 heterocycles. The molecule has 0 aliphatic carbocycles. The lowest BCUT2D eigenvalue weighted by Gasteiger charge is -2.20. The van der Waals surface area contributed by atoms with Crippen molar-refractivity contribution in [3.05, 3.63) is 23.5 Å². The first-order valence-electron chi connectivity index (χ1n) is 6.02. The minimum absolute atomic E-state index is 0.0679. The van der Waals surface area contributed by atoms with E-state index in [0.29, 0.717) is 11.3 Å². The molecular formula is C13H18F2N2O2. The van der Waals surface area contributed by atoms with E-state index >= 15 is 0 Å². The third-order valence-electron chi connectivity index (χ3n) is 3.02. The Hall–Kier alpha value is -1.72. The Morgan fingerprint density at radius 1 is 1.58 bits per heavy atom. The molecule has 0 aliphatic heterocycles. The van der Waals surface area contributed by atoms with Crippen LogP contribution in [0.25, 0.3) is 0 Å². The molecule has 0 saturated heterocycles. The summed E-state index contributed by atoms with van der Waals surface area (Å²) in [6.07, 6.45) is 0.743. The third kappa shape index (κ3) is 3.87. The van der Waals surface area contributed by atoms with E-state index in [0.717, 1.165) is 0 Å². The summed E-state index contributed by atoms with van der Waals surface area (Å²) in [6, 6.07) is 1.41. The second-order valence-electron chi connectivity index (χ2n) is 4.50. The molecule has 2 N–H and O–H groups in total. The summed E-state index contributed by atoms with van der Waals surface area (Å²) in [7, 11) is 1.23. The number of methoxy groups -OCH3 is 1. The van der Waals surface area contributed by atoms with Gasteiger partial charge in [-0.1, -0.05) is 13.8 Å². The van der Waals surface area contributed by atoms with E-state index < -0.39 is 17.8 Å². The van der Waals surface area contributed by atoms with Gasteiger partial charge in [0.1, 0.15) is 5.69 Å². The number of nitrogens with two attached hydrogens (primary N) is 1. The molecule has 0 aliphatic rings. The summed E-state index contributed by atoms with van der Waals surface area (Å²) >= 11 is 0. The van der Waals surface area contributed by atoms with Crippen LogP contribution in [-0.4, -0.2) is 24.0 Å². The van der Waals surface area contributed by atoms with Gasteiger partial charge in [0.2, 0.25) is 5.92 Å². The number of hydrogen-bond donors (Lipinski definition) is 1. The molecular weight excluding hydrogens is 254 g/mol. The number of hydrogen-bond acceptors (Lipinski definition) is 4. The first-order chi connectivity index (χ1) is 8.80. The first kappa shape index (κ1) is 15.3. The number of carbonyl (C=O) groups is 1. The van der Waals surface area contributed by atoms with Crippen molar-refractivity contribution in [2.75, 3.05) is 12.8 Å². The minimum Gasteiger partial charge on any atom is -0.464 e. The van der Waals surface area contributed by atoms with Crippen molar-refractivity contribution in [2.45, 2.75) is 38.5 Å². The van der Waals surface area contributed by atoms with Crippen molar-refractivity contribution < 1.29 is 18.3 Å². The fourth-order valence-corrected chi connectivity index (χ4v) is 1.83. The Morgan fingerprint density at radius 2 is 2.21 bits per heavy atom. The number of anilines is 1. The number of carbonyl (C=O) groups excluding carboxylic acids is 1. The van der Waals surface area contributed by atoms with Gasteiger partial charge in [0.05, 0.1) is 19.0 Å². The Labute approximate surface area is 111 Å². The van der Waals surface area contributed by atoms with E-state index in [-0.39, 0.29) is 18.5 Å². The molecule has 0 aromatic carbocycles. The molecule has 1 rings (SSSR count). The Morgan fingerprint density at radius 3 is 2.74 bits per heavy atom. The van der Waals surface area contributed by atoms with Crippen molar-refractivity contribution in [2.24, 2.45) is 0 Å². The predicted octanol–water partition coefficient (Wildman–Crippen LogP) is 2.99. The van der Waals surface area contributed by atoms with Crippen LogP contribution in [0.4, 0.5) is 14.5 Å². The highest BCUT2D eigenvalue weighted by molar-refractivity contribution is 5.87. The summed E-state index contributed by atoms with van der Waals surface area (Å²) < 4.78 is 31.3. The first-order valence-corrected chi connectivity index (χ1v) is 6.02. The zero-order valence-corrected chi connectivity index (χ0v) is 11.2. The van der Waals surface area contributed by atoms with E-state index in [2.05, 4.69) is 9.72 Å². The van der Waals surface area contributed by atoms with E-state index in [1.807, 2.05) is 0 Å². The summed E-state index contributed by atoms with van der Waals surface area (Å²) in [5.41, 5.74) is 6.59. The maximum atomic E-state index is 13.4. The molecule has 1 aromatic rings. The van der Waals surface area contributed by atoms with E-state index in [1.54, 1.807) is 6.92 Å². The van der Waals surface area contributed by atoms with Gasteiger partial charge < -0.3 is 10.5 Å². The van der Waals surface area contributed by atoms with Gasteiger partial charge in [-0.3, -0.25) is 0 Å². The van der Waals surface area contributed by atoms with Gasteiger partial charge >= 0.3 is 5.97 Å². The maximum absolute atomic E-state index is 13.4. The van der Waals surface area contributed by atoms with Crippen LogP contribution < -0.4 is 5.73 Å². The molecule has 0 saturated carbocycles. The third-order valence-corrected chi connectivity index (χ3v) is 3.02. The van der Waals surface area contributed by atoms with Crippen LogP contribution >= 0.6 is 0 Å². The lowest BCUT2D eigenvalue weighted by molar-refractivity contribution is -0.0166. The molecule has 19 heavy (non-hydrogen) atoms. The van der Waals surface area contributed by atoms with Gasteiger partial charge in [-0.2, -0.15) is 0 Å². The average Bonchev–Trinajstić information content (AvgIpc) is 2.37. The summed E-state index contributed by atoms with van der Waals surface area (Å²) in [5, 5.41) is 0. The standard InChI is InChI=1S/C13H18F2N2O2/c1-4-13(14,15)6-8(2)9-5-11(12(18)19-3)17-7-10(9)16/h5,7-8H,4,6,16H2,1-3H3/t8-/m1/s1. The zero-order valence-electron chi connectivity index (χ0n) is 11.2. The van der Waals surface area contributed by atoms with Crippen molar-refractivity contribution in [1.29, 1.82) is 0 Å². The number of alkyl halides is 2. The predicted molar refractivity (Wildman–Crippen MR) is 68.3 cm³/mol. The Bertz CT molecular complexity index is 464. The number of nitrogens with zero attached hydrogens (tertiary/aromatic N) is 1. The SMILES string of the molecule is CCC(F)(F)C[C@@H](C)c1cc(C(=O)OC)ncc1N. The molecule has 0 fully saturated rings. The summed E-state index contributed by atoms with van der Waals surface area (Å²) in [4.78, 5) is 15.2. The van der Waals surface area contributed by atoms with Gasteiger partial charge in [0.25, 0.3) is 0 Å². The van der Waals surface area contributed by atoms with Gasteiger partial charge in [0.15, 0.2) is 0 Å². The van der Waals surface area contributed by atoms with Crippen LogP contribution in [-0.2, 0) is 4.74 Å². The van der Waals surface area contributed by atoms with Crippen molar-refractivity contribution in [3.8, 4) is 0 Å². The summed E-state index contributed by atoms with van der Waals surface area (Å²) in [5.74, 6) is -3.84. The molecule has 1 atom stereocenters. The average molecular weight is 272 g/mol. The second kappa shape index (κ2) is 5.95. The number of halogens is 2. The van der Waals surface area contributed by atoms with Crippen LogP contribution in [0.3, 0.4) is 0 Å². The van der Waals surface area contributed by atoms with Crippen LogP contribution in [0.1, 0.15) is 48.7 Å². The van der Waals surface area contributed by atoms with Gasteiger partial charge in [-0.05, 0) is 17.5 Å². The highest BCUT2D eigenvalue weighted by Crippen LogP contribution is 2.34. The smallest absolute Gasteiger partial charge is 0.356 e. The quantitative estimate of drug-likeness (QED) is 0.837. The van der Waals surface area contributed by atoms with Crippen LogP contribution in [0.15, 0.2) is 12.3 Å². The van der Waals surface area contributed by atoms with Crippen molar-refractivity contribution in [3.63, 3.8) is 0 Å². The minimum atomic E-state index is -2.75. The van der Waals surface area contributed by atoms with Crippen molar-refractivity contribution >= 4 is 11.7 Å². The van der Waals surface area contributed by atoms with Gasteiger partial charge in [0, 0.05) is 12.8 Å².